The van der Waals surface area contributed by atoms with Gasteiger partial charge in [0.05, 0.1) is 0 Å². The summed E-state index contributed by atoms with van der Waals surface area (Å²) in [5.41, 5.74) is 5.23. The van der Waals surface area contributed by atoms with E-state index >= 15 is 0 Å². The third-order valence-corrected chi connectivity index (χ3v) is 2.95. The third-order valence-electron chi connectivity index (χ3n) is 2.95. The molecule has 19 heavy (non-hydrogen) atoms. The second-order valence-corrected chi connectivity index (χ2v) is 4.78. The molecular weight excluding hydrogens is 242 g/mol. The molecule has 0 saturated heterocycles. The molecule has 5 nitrogen and oxygen atoms in total. The van der Waals surface area contributed by atoms with Crippen LogP contribution in [0.15, 0.2) is 0 Å². The number of hydrogen-bond donors (Lipinski definition) is 3. The Morgan fingerprint density at radius 1 is 0.789 bits per heavy atom. The number of unbranched alkanes of at least 4 members (excludes halogenated alkanes) is 7. The van der Waals surface area contributed by atoms with Gasteiger partial charge in [-0.05, 0) is 6.42 Å². The zero-order chi connectivity index (χ0) is 14.3. The molecule has 0 aromatic carbocycles. The fourth-order valence-electron chi connectivity index (χ4n) is 1.81. The van der Waals surface area contributed by atoms with E-state index in [4.69, 9.17) is 5.73 Å². The summed E-state index contributed by atoms with van der Waals surface area (Å²) in [6, 6.07) is 0. The lowest BCUT2D eigenvalue weighted by Gasteiger charge is -2.05. The SMILES string of the molecule is CCCCCCCCCCNC(=O)C(=O)NCCN. The molecule has 0 fully saturated rings. The molecule has 0 atom stereocenters. The molecule has 0 aromatic heterocycles. The predicted molar refractivity (Wildman–Crippen MR) is 77.7 cm³/mol. The monoisotopic (exact) mass is 271 g/mol. The molecule has 0 rings (SSSR count). The van der Waals surface area contributed by atoms with Gasteiger partial charge >= 0.3 is 11.8 Å². The molecule has 0 bridgehead atoms. The van der Waals surface area contributed by atoms with Gasteiger partial charge in [-0.2, -0.15) is 0 Å². The van der Waals surface area contributed by atoms with Crippen molar-refractivity contribution in [2.75, 3.05) is 19.6 Å². The van der Waals surface area contributed by atoms with E-state index in [-0.39, 0.29) is 0 Å². The van der Waals surface area contributed by atoms with Gasteiger partial charge in [0.1, 0.15) is 0 Å². The summed E-state index contributed by atoms with van der Waals surface area (Å²) in [4.78, 5) is 22.5. The summed E-state index contributed by atoms with van der Waals surface area (Å²) in [6.45, 7) is 3.47. The van der Waals surface area contributed by atoms with Gasteiger partial charge < -0.3 is 16.4 Å². The molecule has 2 amide bonds. The van der Waals surface area contributed by atoms with Crippen molar-refractivity contribution >= 4 is 11.8 Å². The summed E-state index contributed by atoms with van der Waals surface area (Å²) in [7, 11) is 0. The molecule has 0 saturated carbocycles. The number of rotatable bonds is 11. The molecule has 0 unspecified atom stereocenters. The number of carbonyl (C=O) groups excluding carboxylic acids is 2. The van der Waals surface area contributed by atoms with Crippen molar-refractivity contribution < 1.29 is 9.59 Å². The van der Waals surface area contributed by atoms with Gasteiger partial charge in [0.15, 0.2) is 0 Å². The van der Waals surface area contributed by atoms with Crippen LogP contribution < -0.4 is 16.4 Å². The molecule has 0 aliphatic heterocycles. The molecule has 0 radical (unpaired) electrons. The average molecular weight is 271 g/mol. The molecule has 4 N–H and O–H groups in total. The van der Waals surface area contributed by atoms with Crippen LogP contribution in [0.4, 0.5) is 0 Å². The zero-order valence-corrected chi connectivity index (χ0v) is 12.2. The van der Waals surface area contributed by atoms with E-state index in [1.54, 1.807) is 0 Å². The first-order chi connectivity index (χ1) is 9.22. The lowest BCUT2D eigenvalue weighted by molar-refractivity contribution is -0.139. The van der Waals surface area contributed by atoms with Crippen molar-refractivity contribution in [2.45, 2.75) is 58.3 Å². The molecule has 0 spiro atoms. The highest BCUT2D eigenvalue weighted by Gasteiger charge is 2.10. The molecule has 5 heteroatoms. The van der Waals surface area contributed by atoms with Crippen molar-refractivity contribution in [1.82, 2.24) is 10.6 Å². The Labute approximate surface area is 116 Å². The van der Waals surface area contributed by atoms with Gasteiger partial charge in [0.2, 0.25) is 0 Å². The number of amides is 2. The maximum absolute atomic E-state index is 11.3. The summed E-state index contributed by atoms with van der Waals surface area (Å²) >= 11 is 0. The van der Waals surface area contributed by atoms with Crippen molar-refractivity contribution in [3.05, 3.63) is 0 Å². The number of nitrogens with two attached hydrogens (primary N) is 1. The highest BCUT2D eigenvalue weighted by molar-refractivity contribution is 6.35. The Balaban J connectivity index is 3.29. The van der Waals surface area contributed by atoms with E-state index in [1.165, 1.54) is 38.5 Å². The van der Waals surface area contributed by atoms with Crippen LogP contribution in [0.3, 0.4) is 0 Å². The Hall–Kier alpha value is -1.10. The van der Waals surface area contributed by atoms with Crippen molar-refractivity contribution in [3.63, 3.8) is 0 Å². The van der Waals surface area contributed by atoms with Crippen molar-refractivity contribution in [2.24, 2.45) is 5.73 Å². The molecule has 112 valence electrons. The fourth-order valence-corrected chi connectivity index (χ4v) is 1.81. The van der Waals surface area contributed by atoms with Crippen LogP contribution in [0.5, 0.6) is 0 Å². The Morgan fingerprint density at radius 3 is 1.79 bits per heavy atom. The predicted octanol–water partition coefficient (Wildman–Crippen LogP) is 1.32. The number of carbonyl (C=O) groups is 2. The van der Waals surface area contributed by atoms with E-state index in [0.717, 1.165) is 12.8 Å². The summed E-state index contributed by atoms with van der Waals surface area (Å²) < 4.78 is 0. The van der Waals surface area contributed by atoms with E-state index in [0.29, 0.717) is 19.6 Å². The second-order valence-electron chi connectivity index (χ2n) is 4.78. The van der Waals surface area contributed by atoms with E-state index in [2.05, 4.69) is 17.6 Å². The quantitative estimate of drug-likeness (QED) is 0.391. The summed E-state index contributed by atoms with van der Waals surface area (Å²) in [6.07, 6.45) is 9.76. The van der Waals surface area contributed by atoms with Gasteiger partial charge in [-0.3, -0.25) is 9.59 Å². The first-order valence-electron chi connectivity index (χ1n) is 7.48. The van der Waals surface area contributed by atoms with Crippen LogP contribution in [0.2, 0.25) is 0 Å². The Morgan fingerprint density at radius 2 is 1.26 bits per heavy atom. The molecule has 0 aliphatic carbocycles. The molecule has 0 heterocycles. The largest absolute Gasteiger partial charge is 0.348 e. The minimum Gasteiger partial charge on any atom is -0.348 e. The van der Waals surface area contributed by atoms with Gasteiger partial charge in [0, 0.05) is 19.6 Å². The van der Waals surface area contributed by atoms with Crippen LogP contribution >= 0.6 is 0 Å². The van der Waals surface area contributed by atoms with Crippen LogP contribution in [-0.4, -0.2) is 31.4 Å². The normalized spacial score (nSPS) is 10.2. The summed E-state index contributed by atoms with van der Waals surface area (Å²) in [5.74, 6) is -1.15. The first-order valence-corrected chi connectivity index (χ1v) is 7.48. The standard InChI is InChI=1S/C14H29N3O2/c1-2-3-4-5-6-7-8-9-11-16-13(18)14(19)17-12-10-15/h2-12,15H2,1H3,(H,16,18)(H,17,19). The maximum atomic E-state index is 11.3. The second kappa shape index (κ2) is 13.3. The highest BCUT2D eigenvalue weighted by atomic mass is 16.2. The highest BCUT2D eigenvalue weighted by Crippen LogP contribution is 2.07. The van der Waals surface area contributed by atoms with Gasteiger partial charge in [0.25, 0.3) is 0 Å². The van der Waals surface area contributed by atoms with Gasteiger partial charge in [-0.1, -0.05) is 51.9 Å². The van der Waals surface area contributed by atoms with Crippen LogP contribution in [0.1, 0.15) is 58.3 Å². The van der Waals surface area contributed by atoms with Crippen molar-refractivity contribution in [3.8, 4) is 0 Å². The van der Waals surface area contributed by atoms with Crippen LogP contribution in [0, 0.1) is 0 Å². The topological polar surface area (TPSA) is 84.2 Å². The zero-order valence-electron chi connectivity index (χ0n) is 12.2. The van der Waals surface area contributed by atoms with E-state index in [1.807, 2.05) is 0 Å². The minimum atomic E-state index is -0.593. The molecular formula is C14H29N3O2. The van der Waals surface area contributed by atoms with Crippen LogP contribution in [0.25, 0.3) is 0 Å². The first kappa shape index (κ1) is 17.9. The lowest BCUT2D eigenvalue weighted by atomic mass is 10.1. The number of hydrogen-bond acceptors (Lipinski definition) is 3. The number of nitrogens with one attached hydrogen (secondary N) is 2. The fraction of sp³-hybridized carbons (Fsp3) is 0.857. The van der Waals surface area contributed by atoms with E-state index < -0.39 is 11.8 Å². The Kier molecular flexibility index (Phi) is 12.6. The van der Waals surface area contributed by atoms with Gasteiger partial charge in [-0.15, -0.1) is 0 Å². The summed E-state index contributed by atoms with van der Waals surface area (Å²) in [5, 5.41) is 5.05. The Bertz CT molecular complexity index is 245. The molecule has 0 aromatic rings. The van der Waals surface area contributed by atoms with Crippen LogP contribution in [-0.2, 0) is 9.59 Å². The van der Waals surface area contributed by atoms with Gasteiger partial charge in [-0.25, -0.2) is 0 Å². The van der Waals surface area contributed by atoms with Crippen molar-refractivity contribution in [1.29, 1.82) is 0 Å². The average Bonchev–Trinajstić information content (AvgIpc) is 2.42. The maximum Gasteiger partial charge on any atom is 0.309 e. The molecule has 0 aliphatic rings. The van der Waals surface area contributed by atoms with E-state index in [9.17, 15) is 9.59 Å². The lowest BCUT2D eigenvalue weighted by Crippen LogP contribution is -2.41. The minimum absolute atomic E-state index is 0.337. The smallest absolute Gasteiger partial charge is 0.309 e. The third kappa shape index (κ3) is 11.7.